The molecule has 0 amide bonds. The van der Waals surface area contributed by atoms with E-state index in [0.717, 1.165) is 38.8 Å². The van der Waals surface area contributed by atoms with Crippen LogP contribution in [0.1, 0.15) is 32.1 Å². The quantitative estimate of drug-likeness (QED) is 0.718. The van der Waals surface area contributed by atoms with Crippen LogP contribution in [0.3, 0.4) is 0 Å². The highest BCUT2D eigenvalue weighted by Gasteiger charge is 2.43. The van der Waals surface area contributed by atoms with E-state index in [9.17, 15) is 8.42 Å². The Morgan fingerprint density at radius 3 is 2.47 bits per heavy atom. The van der Waals surface area contributed by atoms with Crippen LogP contribution in [-0.4, -0.2) is 44.2 Å². The van der Waals surface area contributed by atoms with E-state index in [1.165, 1.54) is 12.7 Å². The summed E-state index contributed by atoms with van der Waals surface area (Å²) in [5.74, 6) is 0. The van der Waals surface area contributed by atoms with E-state index in [-0.39, 0.29) is 5.54 Å². The largest absolute Gasteiger partial charge is 0.314 e. The first-order valence-corrected chi connectivity index (χ1v) is 7.58. The van der Waals surface area contributed by atoms with E-state index >= 15 is 0 Å². The molecule has 1 aliphatic carbocycles. The van der Waals surface area contributed by atoms with Gasteiger partial charge in [-0.3, -0.25) is 0 Å². The Bertz CT molecular complexity index is 312. The molecule has 2 aliphatic rings. The highest BCUT2D eigenvalue weighted by Crippen LogP contribution is 2.35. The molecule has 4 nitrogen and oxygen atoms in total. The molecule has 1 N–H and O–H groups in total. The lowest BCUT2D eigenvalue weighted by molar-refractivity contribution is 0.102. The normalized spacial score (nSPS) is 28.1. The minimum atomic E-state index is -3.04. The maximum Gasteiger partial charge on any atom is 0.211 e. The summed E-state index contributed by atoms with van der Waals surface area (Å²) in [5, 5.41) is 3.34. The summed E-state index contributed by atoms with van der Waals surface area (Å²) in [4.78, 5) is 0. The van der Waals surface area contributed by atoms with Crippen molar-refractivity contribution in [3.63, 3.8) is 0 Å². The van der Waals surface area contributed by atoms with Gasteiger partial charge in [0.2, 0.25) is 10.0 Å². The topological polar surface area (TPSA) is 49.4 Å². The van der Waals surface area contributed by atoms with E-state index in [4.69, 9.17) is 0 Å². The second kappa shape index (κ2) is 4.03. The van der Waals surface area contributed by atoms with Crippen molar-refractivity contribution in [1.82, 2.24) is 9.62 Å². The molecule has 0 bridgehead atoms. The van der Waals surface area contributed by atoms with Gasteiger partial charge in [0.05, 0.1) is 6.26 Å². The zero-order valence-electron chi connectivity index (χ0n) is 9.33. The lowest BCUT2D eigenvalue weighted by Gasteiger charge is -2.48. The second-order valence-corrected chi connectivity index (χ2v) is 6.70. The molecule has 1 aliphatic heterocycles. The van der Waals surface area contributed by atoms with Gasteiger partial charge >= 0.3 is 0 Å². The fourth-order valence-corrected chi connectivity index (χ4v) is 4.35. The van der Waals surface area contributed by atoms with Gasteiger partial charge in [0.1, 0.15) is 0 Å². The first-order valence-electron chi connectivity index (χ1n) is 5.73. The van der Waals surface area contributed by atoms with Gasteiger partial charge in [-0.1, -0.05) is 19.3 Å². The third-order valence-corrected chi connectivity index (χ3v) is 5.03. The molecule has 0 radical (unpaired) electrons. The number of piperazine rings is 1. The SMILES string of the molecule is CS(=O)(=O)N1CCNCC12CCCCC2. The van der Waals surface area contributed by atoms with Crippen LogP contribution in [-0.2, 0) is 10.0 Å². The molecule has 1 spiro atoms. The Morgan fingerprint density at radius 2 is 1.87 bits per heavy atom. The third kappa shape index (κ3) is 2.19. The molecule has 2 rings (SSSR count). The molecule has 88 valence electrons. The van der Waals surface area contributed by atoms with Gasteiger partial charge in [-0.05, 0) is 12.8 Å². The fourth-order valence-electron chi connectivity index (χ4n) is 2.98. The van der Waals surface area contributed by atoms with Gasteiger partial charge in [-0.2, -0.15) is 4.31 Å². The minimum absolute atomic E-state index is 0.107. The van der Waals surface area contributed by atoms with Gasteiger partial charge in [0.25, 0.3) is 0 Å². The molecule has 0 aromatic heterocycles. The van der Waals surface area contributed by atoms with Crippen LogP contribution in [0.2, 0.25) is 0 Å². The molecule has 1 saturated carbocycles. The standard InChI is InChI=1S/C10H20N2O2S/c1-15(13,14)12-8-7-11-9-10(12)5-3-2-4-6-10/h11H,2-9H2,1H3. The summed E-state index contributed by atoms with van der Waals surface area (Å²) < 4.78 is 25.3. The van der Waals surface area contributed by atoms with Gasteiger partial charge in [0, 0.05) is 25.2 Å². The Kier molecular flexibility index (Phi) is 3.05. The van der Waals surface area contributed by atoms with Crippen LogP contribution in [0.5, 0.6) is 0 Å². The summed E-state index contributed by atoms with van der Waals surface area (Å²) in [5.41, 5.74) is -0.107. The van der Waals surface area contributed by atoms with Crippen molar-refractivity contribution in [3.8, 4) is 0 Å². The zero-order chi connectivity index (χ0) is 10.9. The molecule has 1 saturated heterocycles. The predicted octanol–water partition coefficient (Wildman–Crippen LogP) is 0.554. The van der Waals surface area contributed by atoms with E-state index in [0.29, 0.717) is 6.54 Å². The van der Waals surface area contributed by atoms with Crippen molar-refractivity contribution in [1.29, 1.82) is 0 Å². The first-order chi connectivity index (χ1) is 7.05. The first kappa shape index (κ1) is 11.4. The fraction of sp³-hybridized carbons (Fsp3) is 1.00. The van der Waals surface area contributed by atoms with Gasteiger partial charge in [-0.25, -0.2) is 8.42 Å². The third-order valence-electron chi connectivity index (χ3n) is 3.66. The number of hydrogen-bond acceptors (Lipinski definition) is 3. The monoisotopic (exact) mass is 232 g/mol. The van der Waals surface area contributed by atoms with Crippen LogP contribution in [0.4, 0.5) is 0 Å². The average molecular weight is 232 g/mol. The number of hydrogen-bond donors (Lipinski definition) is 1. The Balaban J connectivity index is 2.25. The zero-order valence-corrected chi connectivity index (χ0v) is 10.1. The molecule has 0 aromatic carbocycles. The van der Waals surface area contributed by atoms with Crippen molar-refractivity contribution in [3.05, 3.63) is 0 Å². The maximum atomic E-state index is 11.8. The molecular weight excluding hydrogens is 212 g/mol. The van der Waals surface area contributed by atoms with Crippen molar-refractivity contribution in [2.75, 3.05) is 25.9 Å². The average Bonchev–Trinajstić information content (AvgIpc) is 2.18. The van der Waals surface area contributed by atoms with Gasteiger partial charge in [-0.15, -0.1) is 0 Å². The second-order valence-electron chi connectivity index (χ2n) is 4.80. The summed E-state index contributed by atoms with van der Waals surface area (Å²) in [6.07, 6.45) is 6.95. The van der Waals surface area contributed by atoms with Crippen LogP contribution < -0.4 is 5.32 Å². The van der Waals surface area contributed by atoms with Crippen LogP contribution in [0.25, 0.3) is 0 Å². The Labute approximate surface area is 92.1 Å². The number of sulfonamides is 1. The predicted molar refractivity (Wildman–Crippen MR) is 60.2 cm³/mol. The van der Waals surface area contributed by atoms with Crippen LogP contribution in [0.15, 0.2) is 0 Å². The van der Waals surface area contributed by atoms with Gasteiger partial charge < -0.3 is 5.32 Å². The Morgan fingerprint density at radius 1 is 1.20 bits per heavy atom. The molecule has 0 atom stereocenters. The van der Waals surface area contributed by atoms with Crippen molar-refractivity contribution in [2.24, 2.45) is 0 Å². The van der Waals surface area contributed by atoms with Crippen molar-refractivity contribution < 1.29 is 8.42 Å². The number of rotatable bonds is 1. The maximum absolute atomic E-state index is 11.8. The lowest BCUT2D eigenvalue weighted by Crippen LogP contribution is -2.63. The van der Waals surface area contributed by atoms with E-state index in [1.54, 1.807) is 4.31 Å². The van der Waals surface area contributed by atoms with Gasteiger partial charge in [0.15, 0.2) is 0 Å². The molecule has 2 fully saturated rings. The molecule has 0 aromatic rings. The molecule has 0 unspecified atom stereocenters. The summed E-state index contributed by atoms with van der Waals surface area (Å²) in [6.45, 7) is 2.26. The van der Waals surface area contributed by atoms with Crippen LogP contribution >= 0.6 is 0 Å². The number of nitrogens with one attached hydrogen (secondary N) is 1. The van der Waals surface area contributed by atoms with Crippen LogP contribution in [0, 0.1) is 0 Å². The highest BCUT2D eigenvalue weighted by atomic mass is 32.2. The molecule has 1 heterocycles. The highest BCUT2D eigenvalue weighted by molar-refractivity contribution is 7.88. The lowest BCUT2D eigenvalue weighted by atomic mass is 9.80. The minimum Gasteiger partial charge on any atom is -0.314 e. The summed E-state index contributed by atoms with van der Waals surface area (Å²) >= 11 is 0. The summed E-state index contributed by atoms with van der Waals surface area (Å²) in [6, 6.07) is 0. The van der Waals surface area contributed by atoms with Crippen molar-refractivity contribution in [2.45, 2.75) is 37.6 Å². The summed E-state index contributed by atoms with van der Waals surface area (Å²) in [7, 11) is -3.04. The van der Waals surface area contributed by atoms with E-state index < -0.39 is 10.0 Å². The van der Waals surface area contributed by atoms with E-state index in [1.807, 2.05) is 0 Å². The molecule has 15 heavy (non-hydrogen) atoms. The van der Waals surface area contributed by atoms with E-state index in [2.05, 4.69) is 5.32 Å². The molecule has 5 heteroatoms. The molecular formula is C10H20N2O2S. The van der Waals surface area contributed by atoms with Crippen molar-refractivity contribution >= 4 is 10.0 Å². The number of nitrogens with zero attached hydrogens (tertiary/aromatic N) is 1. The smallest absolute Gasteiger partial charge is 0.211 e. The Hall–Kier alpha value is -0.130.